The predicted octanol–water partition coefficient (Wildman–Crippen LogP) is 1.88. The summed E-state index contributed by atoms with van der Waals surface area (Å²) in [7, 11) is 0. The molecule has 1 aliphatic rings. The second kappa shape index (κ2) is 5.52. The first kappa shape index (κ1) is 14.1. The maximum absolute atomic E-state index is 12.4. The molecule has 6 heteroatoms. The van der Waals surface area contributed by atoms with Crippen LogP contribution in [-0.4, -0.2) is 33.9 Å². The molecule has 0 saturated carbocycles. The molecule has 5 nitrogen and oxygen atoms in total. The van der Waals surface area contributed by atoms with Crippen molar-refractivity contribution in [3.05, 3.63) is 34.9 Å². The molecule has 2 amide bonds. The second-order valence-electron chi connectivity index (χ2n) is 5.29. The topological polar surface area (TPSA) is 68.3 Å². The Morgan fingerprint density at radius 1 is 1.33 bits per heavy atom. The Labute approximate surface area is 130 Å². The molecule has 0 bridgehead atoms. The molecule has 1 aromatic heterocycles. The Morgan fingerprint density at radius 3 is 2.90 bits per heavy atom. The summed E-state index contributed by atoms with van der Waals surface area (Å²) in [4.78, 5) is 25.4. The molecular weight excluding hydrogens is 334 g/mol. The van der Waals surface area contributed by atoms with E-state index in [2.05, 4.69) is 15.9 Å². The smallest absolute Gasteiger partial charge is 0.243 e. The number of amides is 2. The average Bonchev–Trinajstić information content (AvgIpc) is 3.05. The van der Waals surface area contributed by atoms with E-state index in [9.17, 15) is 9.59 Å². The zero-order valence-electron chi connectivity index (χ0n) is 11.5. The number of hydrogen-bond acceptors (Lipinski definition) is 2. The zero-order chi connectivity index (χ0) is 15.0. The summed E-state index contributed by atoms with van der Waals surface area (Å²) in [5.74, 6) is -0.473. The molecule has 1 atom stereocenters. The minimum absolute atomic E-state index is 0.0586. The van der Waals surface area contributed by atoms with E-state index >= 15 is 0 Å². The molecule has 1 fully saturated rings. The minimum Gasteiger partial charge on any atom is -0.368 e. The van der Waals surface area contributed by atoms with Gasteiger partial charge in [0.15, 0.2) is 0 Å². The van der Waals surface area contributed by atoms with Gasteiger partial charge in [-0.25, -0.2) is 0 Å². The lowest BCUT2D eigenvalue weighted by atomic mass is 10.2. The normalized spacial score (nSPS) is 18.3. The van der Waals surface area contributed by atoms with E-state index in [4.69, 9.17) is 5.73 Å². The number of halogens is 1. The van der Waals surface area contributed by atoms with Crippen LogP contribution >= 0.6 is 15.9 Å². The molecule has 21 heavy (non-hydrogen) atoms. The van der Waals surface area contributed by atoms with Gasteiger partial charge >= 0.3 is 0 Å². The third kappa shape index (κ3) is 2.68. The zero-order valence-corrected chi connectivity index (χ0v) is 13.0. The number of rotatable bonds is 3. The fourth-order valence-corrected chi connectivity index (χ4v) is 3.29. The number of aromatic nitrogens is 1. The van der Waals surface area contributed by atoms with E-state index in [1.54, 1.807) is 4.90 Å². The van der Waals surface area contributed by atoms with Crippen molar-refractivity contribution in [2.24, 2.45) is 5.73 Å². The standard InChI is InChI=1S/C15H16BrN3O2/c16-11-3-4-12-10(8-11)5-7-18(12)9-14(20)19-6-1-2-13(19)15(17)21/h3-5,7-8,13H,1-2,6,9H2,(H2,17,21)/t13-/m0/s1. The molecule has 0 radical (unpaired) electrons. The number of nitrogens with two attached hydrogens (primary N) is 1. The largest absolute Gasteiger partial charge is 0.368 e. The molecule has 3 rings (SSSR count). The van der Waals surface area contributed by atoms with Crippen molar-refractivity contribution in [2.45, 2.75) is 25.4 Å². The van der Waals surface area contributed by atoms with E-state index in [-0.39, 0.29) is 12.5 Å². The van der Waals surface area contributed by atoms with Gasteiger partial charge in [0.1, 0.15) is 12.6 Å². The highest BCUT2D eigenvalue weighted by molar-refractivity contribution is 9.10. The Hall–Kier alpha value is -1.82. The van der Waals surface area contributed by atoms with Gasteiger partial charge in [-0.05, 0) is 37.1 Å². The van der Waals surface area contributed by atoms with E-state index in [1.165, 1.54) is 0 Å². The number of hydrogen-bond donors (Lipinski definition) is 1. The van der Waals surface area contributed by atoms with Crippen LogP contribution in [-0.2, 0) is 16.1 Å². The Bertz CT molecular complexity index is 710. The van der Waals surface area contributed by atoms with Crippen LogP contribution in [0.1, 0.15) is 12.8 Å². The summed E-state index contributed by atoms with van der Waals surface area (Å²) in [5.41, 5.74) is 6.36. The third-order valence-corrected chi connectivity index (χ3v) is 4.43. The van der Waals surface area contributed by atoms with Crippen LogP contribution in [0.2, 0.25) is 0 Å². The van der Waals surface area contributed by atoms with Crippen LogP contribution in [0.15, 0.2) is 34.9 Å². The molecule has 0 spiro atoms. The number of carbonyl (C=O) groups is 2. The van der Waals surface area contributed by atoms with Crippen molar-refractivity contribution in [1.82, 2.24) is 9.47 Å². The summed E-state index contributed by atoms with van der Waals surface area (Å²) in [6.45, 7) is 0.839. The van der Waals surface area contributed by atoms with Gasteiger partial charge in [0, 0.05) is 28.1 Å². The van der Waals surface area contributed by atoms with E-state index < -0.39 is 11.9 Å². The maximum Gasteiger partial charge on any atom is 0.243 e. The maximum atomic E-state index is 12.4. The van der Waals surface area contributed by atoms with Crippen LogP contribution in [0.5, 0.6) is 0 Å². The van der Waals surface area contributed by atoms with Crippen LogP contribution < -0.4 is 5.73 Å². The SMILES string of the molecule is NC(=O)[C@@H]1CCCN1C(=O)Cn1ccc2cc(Br)ccc21. The number of carbonyl (C=O) groups excluding carboxylic acids is 2. The van der Waals surface area contributed by atoms with Gasteiger partial charge in [0.05, 0.1) is 0 Å². The van der Waals surface area contributed by atoms with Crippen LogP contribution in [0.25, 0.3) is 10.9 Å². The fraction of sp³-hybridized carbons (Fsp3) is 0.333. The van der Waals surface area contributed by atoms with Crippen molar-refractivity contribution in [3.63, 3.8) is 0 Å². The first-order chi connectivity index (χ1) is 10.1. The van der Waals surface area contributed by atoms with Crippen molar-refractivity contribution in [3.8, 4) is 0 Å². The van der Waals surface area contributed by atoms with Gasteiger partial charge in [-0.3, -0.25) is 9.59 Å². The summed E-state index contributed by atoms with van der Waals surface area (Å²) in [6, 6.07) is 7.46. The highest BCUT2D eigenvalue weighted by atomic mass is 79.9. The molecule has 2 heterocycles. The molecule has 0 aliphatic carbocycles. The highest BCUT2D eigenvalue weighted by Gasteiger charge is 2.32. The lowest BCUT2D eigenvalue weighted by Gasteiger charge is -2.22. The number of primary amides is 1. The summed E-state index contributed by atoms with van der Waals surface area (Å²) < 4.78 is 2.91. The predicted molar refractivity (Wildman–Crippen MR) is 83.6 cm³/mol. The van der Waals surface area contributed by atoms with Gasteiger partial charge in [-0.2, -0.15) is 0 Å². The van der Waals surface area contributed by atoms with Crippen molar-refractivity contribution < 1.29 is 9.59 Å². The number of benzene rings is 1. The minimum atomic E-state index is -0.450. The number of likely N-dealkylation sites (tertiary alicyclic amines) is 1. The molecule has 2 aromatic rings. The van der Waals surface area contributed by atoms with Gasteiger partial charge in [0.25, 0.3) is 0 Å². The highest BCUT2D eigenvalue weighted by Crippen LogP contribution is 2.22. The fourth-order valence-electron chi connectivity index (χ4n) is 2.91. The lowest BCUT2D eigenvalue weighted by molar-refractivity contribution is -0.137. The molecule has 1 saturated heterocycles. The first-order valence-corrected chi connectivity index (χ1v) is 7.69. The molecule has 1 aromatic carbocycles. The molecular formula is C15H16BrN3O2. The van der Waals surface area contributed by atoms with Gasteiger partial charge in [-0.1, -0.05) is 15.9 Å². The van der Waals surface area contributed by atoms with Crippen LogP contribution in [0.3, 0.4) is 0 Å². The lowest BCUT2D eigenvalue weighted by Crippen LogP contribution is -2.44. The first-order valence-electron chi connectivity index (χ1n) is 6.89. The summed E-state index contributed by atoms with van der Waals surface area (Å²) >= 11 is 3.43. The van der Waals surface area contributed by atoms with Gasteiger partial charge in [0.2, 0.25) is 11.8 Å². The van der Waals surface area contributed by atoms with Crippen molar-refractivity contribution in [1.29, 1.82) is 0 Å². The Balaban J connectivity index is 1.82. The summed E-state index contributed by atoms with van der Waals surface area (Å²) in [6.07, 6.45) is 3.39. The quantitative estimate of drug-likeness (QED) is 0.918. The van der Waals surface area contributed by atoms with E-state index in [0.717, 1.165) is 21.8 Å². The summed E-state index contributed by atoms with van der Waals surface area (Å²) in [5, 5.41) is 1.07. The van der Waals surface area contributed by atoms with Crippen LogP contribution in [0.4, 0.5) is 0 Å². The number of fused-ring (bicyclic) bond motifs is 1. The molecule has 1 aliphatic heterocycles. The van der Waals surface area contributed by atoms with E-state index in [1.807, 2.05) is 35.0 Å². The van der Waals surface area contributed by atoms with Gasteiger partial charge in [-0.15, -0.1) is 0 Å². The van der Waals surface area contributed by atoms with Gasteiger partial charge < -0.3 is 15.2 Å². The van der Waals surface area contributed by atoms with Crippen molar-refractivity contribution >= 4 is 38.6 Å². The Morgan fingerprint density at radius 2 is 2.14 bits per heavy atom. The van der Waals surface area contributed by atoms with Crippen LogP contribution in [0, 0.1) is 0 Å². The third-order valence-electron chi connectivity index (χ3n) is 3.94. The molecule has 110 valence electrons. The number of nitrogens with zero attached hydrogens (tertiary/aromatic N) is 2. The molecule has 2 N–H and O–H groups in total. The Kier molecular flexibility index (Phi) is 3.71. The monoisotopic (exact) mass is 349 g/mol. The second-order valence-corrected chi connectivity index (χ2v) is 6.21. The average molecular weight is 350 g/mol. The van der Waals surface area contributed by atoms with Crippen molar-refractivity contribution in [2.75, 3.05) is 6.54 Å². The molecule has 0 unspecified atom stereocenters. The van der Waals surface area contributed by atoms with E-state index in [0.29, 0.717) is 13.0 Å².